The molecule has 1 aromatic rings. The summed E-state index contributed by atoms with van der Waals surface area (Å²) in [5.41, 5.74) is 0. The molecule has 1 heterocycles. The van der Waals surface area contributed by atoms with Crippen LogP contribution in [0.15, 0.2) is 15.9 Å². The molecule has 1 nitrogen and oxygen atoms in total. The van der Waals surface area contributed by atoms with Crippen LogP contribution in [0.25, 0.3) is 0 Å². The van der Waals surface area contributed by atoms with Crippen molar-refractivity contribution in [1.29, 1.82) is 0 Å². The van der Waals surface area contributed by atoms with Crippen LogP contribution in [0.4, 0.5) is 0 Å². The maximum atomic E-state index is 3.59. The molecule has 0 aliphatic rings. The van der Waals surface area contributed by atoms with Gasteiger partial charge in [-0.05, 0) is 53.2 Å². The van der Waals surface area contributed by atoms with Gasteiger partial charge in [0.15, 0.2) is 0 Å². The summed E-state index contributed by atoms with van der Waals surface area (Å²) in [6.45, 7) is 4.59. The Balaban J connectivity index is 2.57. The molecule has 1 aromatic heterocycles. The molecule has 0 aliphatic carbocycles. The Kier molecular flexibility index (Phi) is 5.87. The fourth-order valence-electron chi connectivity index (χ4n) is 1.91. The first kappa shape index (κ1) is 13.2. The zero-order valence-corrected chi connectivity index (χ0v) is 12.1. The molecule has 15 heavy (non-hydrogen) atoms. The molecule has 2 atom stereocenters. The van der Waals surface area contributed by atoms with Crippen molar-refractivity contribution in [3.05, 3.63) is 20.8 Å². The summed E-state index contributed by atoms with van der Waals surface area (Å²) in [4.78, 5) is 1.46. The standard InChI is InChI=1S/C12H20BrNS/c1-4-5-9(2)11(14-3)8-12-10(13)6-7-15-12/h6-7,9,11,14H,4-5,8H2,1-3H3. The van der Waals surface area contributed by atoms with Gasteiger partial charge >= 0.3 is 0 Å². The third-order valence-corrected chi connectivity index (χ3v) is 4.85. The molecule has 1 rings (SSSR count). The van der Waals surface area contributed by atoms with Crippen molar-refractivity contribution in [2.45, 2.75) is 39.2 Å². The summed E-state index contributed by atoms with van der Waals surface area (Å²) >= 11 is 5.44. The normalized spacial score (nSPS) is 15.2. The van der Waals surface area contributed by atoms with E-state index in [1.807, 2.05) is 11.3 Å². The first-order valence-electron chi connectivity index (χ1n) is 5.58. The number of hydrogen-bond acceptors (Lipinski definition) is 2. The van der Waals surface area contributed by atoms with E-state index in [0.29, 0.717) is 6.04 Å². The first-order chi connectivity index (χ1) is 7.19. The van der Waals surface area contributed by atoms with E-state index >= 15 is 0 Å². The number of likely N-dealkylation sites (N-methyl/N-ethyl adjacent to an activating group) is 1. The fourth-order valence-corrected chi connectivity index (χ4v) is 3.49. The Morgan fingerprint density at radius 3 is 2.73 bits per heavy atom. The summed E-state index contributed by atoms with van der Waals surface area (Å²) < 4.78 is 1.26. The van der Waals surface area contributed by atoms with Gasteiger partial charge in [0.2, 0.25) is 0 Å². The van der Waals surface area contributed by atoms with E-state index in [0.717, 1.165) is 12.3 Å². The Hall–Kier alpha value is 0.140. The molecule has 0 saturated heterocycles. The third-order valence-electron chi connectivity index (χ3n) is 2.90. The van der Waals surface area contributed by atoms with Gasteiger partial charge in [-0.3, -0.25) is 0 Å². The zero-order chi connectivity index (χ0) is 11.3. The van der Waals surface area contributed by atoms with Gasteiger partial charge in [-0.15, -0.1) is 11.3 Å². The number of thiophene rings is 1. The van der Waals surface area contributed by atoms with E-state index in [1.54, 1.807) is 0 Å². The van der Waals surface area contributed by atoms with Gasteiger partial charge in [-0.2, -0.15) is 0 Å². The van der Waals surface area contributed by atoms with Crippen molar-refractivity contribution in [3.63, 3.8) is 0 Å². The SMILES string of the molecule is CCCC(C)C(Cc1sccc1Br)NC. The molecule has 0 aromatic carbocycles. The van der Waals surface area contributed by atoms with Crippen LogP contribution < -0.4 is 5.32 Å². The minimum Gasteiger partial charge on any atom is -0.316 e. The van der Waals surface area contributed by atoms with Gasteiger partial charge in [0, 0.05) is 15.4 Å². The molecule has 0 aliphatic heterocycles. The summed E-state index contributed by atoms with van der Waals surface area (Å²) in [6.07, 6.45) is 3.70. The maximum Gasteiger partial charge on any atom is 0.0314 e. The molecule has 86 valence electrons. The quantitative estimate of drug-likeness (QED) is 0.832. The second-order valence-corrected chi connectivity index (χ2v) is 5.91. The Bertz CT molecular complexity index is 285. The Labute approximate surface area is 105 Å². The number of rotatable bonds is 6. The lowest BCUT2D eigenvalue weighted by atomic mass is 9.94. The largest absolute Gasteiger partial charge is 0.316 e. The number of halogens is 1. The molecular weight excluding hydrogens is 270 g/mol. The van der Waals surface area contributed by atoms with Crippen LogP contribution in [0.1, 0.15) is 31.6 Å². The van der Waals surface area contributed by atoms with Crippen molar-refractivity contribution in [2.24, 2.45) is 5.92 Å². The highest BCUT2D eigenvalue weighted by Crippen LogP contribution is 2.26. The van der Waals surface area contributed by atoms with Gasteiger partial charge in [0.25, 0.3) is 0 Å². The molecule has 0 amide bonds. The van der Waals surface area contributed by atoms with Gasteiger partial charge in [-0.1, -0.05) is 20.3 Å². The molecule has 0 saturated carbocycles. The Morgan fingerprint density at radius 2 is 2.27 bits per heavy atom. The van der Waals surface area contributed by atoms with E-state index < -0.39 is 0 Å². The van der Waals surface area contributed by atoms with E-state index in [2.05, 4.69) is 53.6 Å². The summed E-state index contributed by atoms with van der Waals surface area (Å²) in [7, 11) is 2.07. The van der Waals surface area contributed by atoms with Gasteiger partial charge in [0.05, 0.1) is 0 Å². The zero-order valence-electron chi connectivity index (χ0n) is 9.72. The second kappa shape index (κ2) is 6.66. The van der Waals surface area contributed by atoms with Crippen LogP contribution in [0, 0.1) is 5.92 Å². The van der Waals surface area contributed by atoms with Crippen molar-refractivity contribution < 1.29 is 0 Å². The first-order valence-corrected chi connectivity index (χ1v) is 7.25. The van der Waals surface area contributed by atoms with Crippen LogP contribution in [0.3, 0.4) is 0 Å². The van der Waals surface area contributed by atoms with Crippen molar-refractivity contribution in [2.75, 3.05) is 7.05 Å². The summed E-state index contributed by atoms with van der Waals surface area (Å²) in [5, 5.41) is 5.59. The monoisotopic (exact) mass is 289 g/mol. The molecule has 0 bridgehead atoms. The van der Waals surface area contributed by atoms with Gasteiger partial charge in [-0.25, -0.2) is 0 Å². The predicted octanol–water partition coefficient (Wildman–Crippen LogP) is 4.08. The Morgan fingerprint density at radius 1 is 1.53 bits per heavy atom. The lowest BCUT2D eigenvalue weighted by Gasteiger charge is -2.22. The highest BCUT2D eigenvalue weighted by atomic mass is 79.9. The molecular formula is C12H20BrNS. The predicted molar refractivity (Wildman–Crippen MR) is 72.6 cm³/mol. The minimum absolute atomic E-state index is 0.597. The highest BCUT2D eigenvalue weighted by molar-refractivity contribution is 9.10. The van der Waals surface area contributed by atoms with Gasteiger partial charge in [0.1, 0.15) is 0 Å². The highest BCUT2D eigenvalue weighted by Gasteiger charge is 2.16. The van der Waals surface area contributed by atoms with Crippen molar-refractivity contribution >= 4 is 27.3 Å². The molecule has 3 heteroatoms. The lowest BCUT2D eigenvalue weighted by Crippen LogP contribution is -2.33. The number of hydrogen-bond donors (Lipinski definition) is 1. The van der Waals surface area contributed by atoms with Crippen LogP contribution in [0.2, 0.25) is 0 Å². The smallest absolute Gasteiger partial charge is 0.0314 e. The molecule has 0 fully saturated rings. The van der Waals surface area contributed by atoms with E-state index in [4.69, 9.17) is 0 Å². The van der Waals surface area contributed by atoms with Crippen molar-refractivity contribution in [1.82, 2.24) is 5.32 Å². The molecule has 1 N–H and O–H groups in total. The molecule has 0 radical (unpaired) electrons. The topological polar surface area (TPSA) is 12.0 Å². The van der Waals surface area contributed by atoms with Crippen LogP contribution >= 0.6 is 27.3 Å². The lowest BCUT2D eigenvalue weighted by molar-refractivity contribution is 0.373. The summed E-state index contributed by atoms with van der Waals surface area (Å²) in [5.74, 6) is 0.744. The van der Waals surface area contributed by atoms with Crippen LogP contribution in [-0.4, -0.2) is 13.1 Å². The van der Waals surface area contributed by atoms with E-state index in [-0.39, 0.29) is 0 Å². The van der Waals surface area contributed by atoms with Gasteiger partial charge < -0.3 is 5.32 Å². The number of nitrogens with one attached hydrogen (secondary N) is 1. The van der Waals surface area contributed by atoms with E-state index in [1.165, 1.54) is 22.2 Å². The second-order valence-electron chi connectivity index (χ2n) is 4.06. The average molecular weight is 290 g/mol. The molecule has 0 spiro atoms. The third kappa shape index (κ3) is 3.89. The average Bonchev–Trinajstić information content (AvgIpc) is 2.61. The van der Waals surface area contributed by atoms with E-state index in [9.17, 15) is 0 Å². The fraction of sp³-hybridized carbons (Fsp3) is 0.667. The molecule has 2 unspecified atom stereocenters. The minimum atomic E-state index is 0.597. The van der Waals surface area contributed by atoms with Crippen LogP contribution in [0.5, 0.6) is 0 Å². The summed E-state index contributed by atoms with van der Waals surface area (Å²) in [6, 6.07) is 2.73. The maximum absolute atomic E-state index is 3.59. The van der Waals surface area contributed by atoms with Crippen LogP contribution in [-0.2, 0) is 6.42 Å². The van der Waals surface area contributed by atoms with Crippen molar-refractivity contribution in [3.8, 4) is 0 Å².